The fraction of sp³-hybridized carbons (Fsp3) is 0.818. The zero-order valence-corrected chi connectivity index (χ0v) is 10.4. The Labute approximate surface area is 96.2 Å². The van der Waals surface area contributed by atoms with Gasteiger partial charge in [-0.25, -0.2) is 0 Å². The SMILES string of the molecule is CN(c1nnc(CNC(C)(C)C)o1)C1CC1. The maximum absolute atomic E-state index is 5.58. The summed E-state index contributed by atoms with van der Waals surface area (Å²) in [5.74, 6) is 0.650. The van der Waals surface area contributed by atoms with Gasteiger partial charge in [-0.3, -0.25) is 0 Å². The topological polar surface area (TPSA) is 54.2 Å². The van der Waals surface area contributed by atoms with Crippen LogP contribution in [0.1, 0.15) is 39.5 Å². The first kappa shape index (κ1) is 11.4. The van der Waals surface area contributed by atoms with Crippen LogP contribution in [0.2, 0.25) is 0 Å². The summed E-state index contributed by atoms with van der Waals surface area (Å²) in [5, 5.41) is 11.4. The van der Waals surface area contributed by atoms with Gasteiger partial charge in [0.05, 0.1) is 6.54 Å². The van der Waals surface area contributed by atoms with Crippen molar-refractivity contribution >= 4 is 6.01 Å². The summed E-state index contributed by atoms with van der Waals surface area (Å²) >= 11 is 0. The monoisotopic (exact) mass is 224 g/mol. The first-order valence-corrected chi connectivity index (χ1v) is 5.76. The van der Waals surface area contributed by atoms with Gasteiger partial charge >= 0.3 is 6.01 Å². The Hall–Kier alpha value is -1.10. The number of hydrogen-bond acceptors (Lipinski definition) is 5. The zero-order chi connectivity index (χ0) is 11.8. The minimum Gasteiger partial charge on any atom is -0.407 e. The van der Waals surface area contributed by atoms with Crippen molar-refractivity contribution in [3.05, 3.63) is 5.89 Å². The van der Waals surface area contributed by atoms with Gasteiger partial charge in [0.1, 0.15) is 0 Å². The Kier molecular flexibility index (Phi) is 2.88. The summed E-state index contributed by atoms with van der Waals surface area (Å²) < 4.78 is 5.58. The molecule has 1 aromatic heterocycles. The lowest BCUT2D eigenvalue weighted by Crippen LogP contribution is -2.35. The van der Waals surface area contributed by atoms with Crippen molar-refractivity contribution < 1.29 is 4.42 Å². The van der Waals surface area contributed by atoms with Crippen LogP contribution >= 0.6 is 0 Å². The van der Waals surface area contributed by atoms with Gasteiger partial charge in [0.2, 0.25) is 5.89 Å². The van der Waals surface area contributed by atoms with E-state index in [1.165, 1.54) is 12.8 Å². The molecule has 1 fully saturated rings. The average molecular weight is 224 g/mol. The van der Waals surface area contributed by atoms with E-state index in [1.54, 1.807) is 0 Å². The lowest BCUT2D eigenvalue weighted by Gasteiger charge is -2.18. The maximum Gasteiger partial charge on any atom is 0.318 e. The van der Waals surface area contributed by atoms with E-state index < -0.39 is 0 Å². The standard InChI is InChI=1S/C11H20N4O/c1-11(2,3)12-7-9-13-14-10(16-9)15(4)8-5-6-8/h8,12H,5-7H2,1-4H3. The summed E-state index contributed by atoms with van der Waals surface area (Å²) in [5.41, 5.74) is 0.0665. The van der Waals surface area contributed by atoms with Crippen LogP contribution in [0.3, 0.4) is 0 Å². The summed E-state index contributed by atoms with van der Waals surface area (Å²) in [6.45, 7) is 6.96. The Morgan fingerprint density at radius 2 is 2.06 bits per heavy atom. The molecule has 2 rings (SSSR count). The number of aromatic nitrogens is 2. The number of nitrogens with one attached hydrogen (secondary N) is 1. The van der Waals surface area contributed by atoms with Gasteiger partial charge in [0, 0.05) is 18.6 Å². The van der Waals surface area contributed by atoms with Crippen molar-refractivity contribution in [2.45, 2.75) is 51.7 Å². The van der Waals surface area contributed by atoms with Gasteiger partial charge < -0.3 is 14.6 Å². The summed E-state index contributed by atoms with van der Waals surface area (Å²) in [4.78, 5) is 2.06. The average Bonchev–Trinajstić information content (AvgIpc) is 2.92. The first-order valence-electron chi connectivity index (χ1n) is 5.76. The fourth-order valence-electron chi connectivity index (χ4n) is 1.42. The van der Waals surface area contributed by atoms with Crippen molar-refractivity contribution in [1.82, 2.24) is 15.5 Å². The molecular formula is C11H20N4O. The smallest absolute Gasteiger partial charge is 0.318 e. The molecule has 0 atom stereocenters. The second kappa shape index (κ2) is 4.05. The normalized spacial score (nSPS) is 16.5. The number of rotatable bonds is 4. The molecule has 0 aromatic carbocycles. The van der Waals surface area contributed by atoms with Crippen LogP contribution in [-0.4, -0.2) is 28.8 Å². The molecule has 1 aromatic rings. The molecule has 16 heavy (non-hydrogen) atoms. The largest absolute Gasteiger partial charge is 0.407 e. The Morgan fingerprint density at radius 1 is 1.38 bits per heavy atom. The lowest BCUT2D eigenvalue weighted by molar-refractivity contribution is 0.381. The van der Waals surface area contributed by atoms with E-state index in [0.717, 1.165) is 0 Å². The van der Waals surface area contributed by atoms with Gasteiger partial charge in [0.15, 0.2) is 0 Å². The Balaban J connectivity index is 1.91. The molecule has 5 nitrogen and oxygen atoms in total. The van der Waals surface area contributed by atoms with Crippen molar-refractivity contribution in [1.29, 1.82) is 0 Å². The summed E-state index contributed by atoms with van der Waals surface area (Å²) in [7, 11) is 2.01. The number of anilines is 1. The molecule has 1 saturated carbocycles. The highest BCUT2D eigenvalue weighted by Gasteiger charge is 2.29. The minimum atomic E-state index is 0.0665. The molecule has 1 N–H and O–H groups in total. The van der Waals surface area contributed by atoms with Gasteiger partial charge in [0.25, 0.3) is 0 Å². The van der Waals surface area contributed by atoms with E-state index in [4.69, 9.17) is 4.42 Å². The molecule has 0 amide bonds. The van der Waals surface area contributed by atoms with Crippen LogP contribution in [0.15, 0.2) is 4.42 Å². The molecule has 0 spiro atoms. The molecule has 1 heterocycles. The Morgan fingerprint density at radius 3 is 2.62 bits per heavy atom. The van der Waals surface area contributed by atoms with Crippen molar-refractivity contribution in [2.75, 3.05) is 11.9 Å². The minimum absolute atomic E-state index is 0.0665. The predicted octanol–water partition coefficient (Wildman–Crippen LogP) is 1.56. The maximum atomic E-state index is 5.58. The zero-order valence-electron chi connectivity index (χ0n) is 10.4. The van der Waals surface area contributed by atoms with Gasteiger partial charge in [-0.1, -0.05) is 5.10 Å². The van der Waals surface area contributed by atoms with E-state index >= 15 is 0 Å². The molecule has 0 radical (unpaired) electrons. The summed E-state index contributed by atoms with van der Waals surface area (Å²) in [6.07, 6.45) is 2.46. The van der Waals surface area contributed by atoms with E-state index in [1.807, 2.05) is 7.05 Å². The molecule has 1 aliphatic rings. The van der Waals surface area contributed by atoms with Crippen LogP contribution < -0.4 is 10.2 Å². The van der Waals surface area contributed by atoms with E-state index in [0.29, 0.717) is 24.5 Å². The van der Waals surface area contributed by atoms with E-state index in [2.05, 4.69) is 41.2 Å². The molecule has 1 aliphatic carbocycles. The molecule has 0 unspecified atom stereocenters. The highest BCUT2D eigenvalue weighted by molar-refractivity contribution is 5.27. The van der Waals surface area contributed by atoms with Crippen LogP contribution in [0.4, 0.5) is 6.01 Å². The van der Waals surface area contributed by atoms with Crippen molar-refractivity contribution in [3.8, 4) is 0 Å². The fourth-order valence-corrected chi connectivity index (χ4v) is 1.42. The lowest BCUT2D eigenvalue weighted by atomic mass is 10.1. The van der Waals surface area contributed by atoms with Crippen LogP contribution in [0.25, 0.3) is 0 Å². The summed E-state index contributed by atoms with van der Waals surface area (Å²) in [6, 6.07) is 1.23. The predicted molar refractivity (Wildman–Crippen MR) is 62.3 cm³/mol. The molecule has 0 saturated heterocycles. The number of hydrogen-bond donors (Lipinski definition) is 1. The van der Waals surface area contributed by atoms with Crippen LogP contribution in [0.5, 0.6) is 0 Å². The Bertz CT molecular complexity index is 351. The molecule has 0 aliphatic heterocycles. The molecular weight excluding hydrogens is 204 g/mol. The third-order valence-electron chi connectivity index (χ3n) is 2.62. The molecule has 0 bridgehead atoms. The second-order valence-corrected chi connectivity index (χ2v) is 5.42. The van der Waals surface area contributed by atoms with Gasteiger partial charge in [-0.05, 0) is 33.6 Å². The third kappa shape index (κ3) is 2.95. The third-order valence-corrected chi connectivity index (χ3v) is 2.62. The van der Waals surface area contributed by atoms with Crippen molar-refractivity contribution in [3.63, 3.8) is 0 Å². The van der Waals surface area contributed by atoms with Gasteiger partial charge in [-0.2, -0.15) is 0 Å². The van der Waals surface area contributed by atoms with E-state index in [9.17, 15) is 0 Å². The number of nitrogens with zero attached hydrogens (tertiary/aromatic N) is 3. The highest BCUT2D eigenvalue weighted by Crippen LogP contribution is 2.29. The molecule has 5 heteroatoms. The van der Waals surface area contributed by atoms with Crippen LogP contribution in [0, 0.1) is 0 Å². The van der Waals surface area contributed by atoms with Gasteiger partial charge in [-0.15, -0.1) is 5.10 Å². The van der Waals surface area contributed by atoms with Crippen LogP contribution in [-0.2, 0) is 6.54 Å². The second-order valence-electron chi connectivity index (χ2n) is 5.42. The molecule has 90 valence electrons. The van der Waals surface area contributed by atoms with E-state index in [-0.39, 0.29) is 5.54 Å². The quantitative estimate of drug-likeness (QED) is 0.841. The van der Waals surface area contributed by atoms with Crippen molar-refractivity contribution in [2.24, 2.45) is 0 Å². The first-order chi connectivity index (χ1) is 7.46. The highest BCUT2D eigenvalue weighted by atomic mass is 16.4.